The van der Waals surface area contributed by atoms with E-state index in [1.807, 2.05) is 13.0 Å². The monoisotopic (exact) mass is 183 g/mol. The number of benzene rings is 1. The molecule has 0 aliphatic rings. The first-order valence-corrected chi connectivity index (χ1v) is 3.74. The number of aromatic hydroxyl groups is 1. The van der Waals surface area contributed by atoms with Crippen molar-refractivity contribution in [2.24, 2.45) is 5.73 Å². The highest BCUT2D eigenvalue weighted by atomic mass is 16.3. The van der Waals surface area contributed by atoms with E-state index in [1.165, 1.54) is 0 Å². The predicted molar refractivity (Wildman–Crippen MR) is 49.4 cm³/mol. The summed E-state index contributed by atoms with van der Waals surface area (Å²) >= 11 is 0. The van der Waals surface area contributed by atoms with Gasteiger partial charge in [-0.2, -0.15) is 0 Å². The third-order valence-corrected chi connectivity index (χ3v) is 1.40. The van der Waals surface area contributed by atoms with Crippen LogP contribution in [0.15, 0.2) is 24.3 Å². The number of nitrogens with two attached hydrogens (primary N) is 1. The number of carboxylic acid groups (broad SMARTS) is 1. The first-order valence-electron chi connectivity index (χ1n) is 3.74. The van der Waals surface area contributed by atoms with Crippen molar-refractivity contribution >= 4 is 6.47 Å². The molecule has 0 spiro atoms. The Morgan fingerprint density at radius 1 is 1.54 bits per heavy atom. The molecule has 1 atom stereocenters. The lowest BCUT2D eigenvalue weighted by molar-refractivity contribution is -0.122. The second-order valence-corrected chi connectivity index (χ2v) is 2.49. The molecular formula is C9H13NO3. The summed E-state index contributed by atoms with van der Waals surface area (Å²) in [4.78, 5) is 8.36. The molecule has 1 aromatic rings. The maximum absolute atomic E-state index is 9.01. The van der Waals surface area contributed by atoms with Gasteiger partial charge in [-0.15, -0.1) is 0 Å². The molecule has 4 nitrogen and oxygen atoms in total. The molecule has 0 aliphatic carbocycles. The molecule has 1 aromatic carbocycles. The molecule has 13 heavy (non-hydrogen) atoms. The normalized spacial score (nSPS) is 10.9. The maximum atomic E-state index is 9.01. The van der Waals surface area contributed by atoms with Crippen LogP contribution in [0.25, 0.3) is 0 Å². The standard InChI is InChI=1S/C8H11NO.CH2O2/c1-6(9)7-3-2-4-8(10)5-7;2-1-3/h2-6,10H,9H2,1H3;1H,(H,2,3). The summed E-state index contributed by atoms with van der Waals surface area (Å²) in [6.07, 6.45) is 0. The second-order valence-electron chi connectivity index (χ2n) is 2.49. The maximum Gasteiger partial charge on any atom is 0.290 e. The summed E-state index contributed by atoms with van der Waals surface area (Å²) in [5.41, 5.74) is 6.53. The Bertz CT molecular complexity index is 261. The summed E-state index contributed by atoms with van der Waals surface area (Å²) in [7, 11) is 0. The van der Waals surface area contributed by atoms with Gasteiger partial charge in [-0.1, -0.05) is 12.1 Å². The Morgan fingerprint density at radius 2 is 2.08 bits per heavy atom. The highest BCUT2D eigenvalue weighted by Crippen LogP contribution is 2.15. The van der Waals surface area contributed by atoms with Crippen LogP contribution in [0.3, 0.4) is 0 Å². The molecule has 0 fully saturated rings. The smallest absolute Gasteiger partial charge is 0.290 e. The molecule has 0 heterocycles. The largest absolute Gasteiger partial charge is 0.508 e. The molecule has 0 amide bonds. The molecule has 1 unspecified atom stereocenters. The zero-order valence-electron chi connectivity index (χ0n) is 7.34. The van der Waals surface area contributed by atoms with Crippen LogP contribution in [-0.2, 0) is 4.79 Å². The molecule has 4 heteroatoms. The van der Waals surface area contributed by atoms with Crippen LogP contribution in [0.2, 0.25) is 0 Å². The van der Waals surface area contributed by atoms with Gasteiger partial charge < -0.3 is 15.9 Å². The van der Waals surface area contributed by atoms with Gasteiger partial charge in [0.25, 0.3) is 6.47 Å². The van der Waals surface area contributed by atoms with Crippen LogP contribution in [-0.4, -0.2) is 16.7 Å². The topological polar surface area (TPSA) is 83.5 Å². The predicted octanol–water partition coefficient (Wildman–Crippen LogP) is 1.11. The van der Waals surface area contributed by atoms with Gasteiger partial charge in [0.1, 0.15) is 5.75 Å². The van der Waals surface area contributed by atoms with E-state index in [-0.39, 0.29) is 18.3 Å². The molecule has 0 aliphatic heterocycles. The van der Waals surface area contributed by atoms with Crippen molar-refractivity contribution in [2.45, 2.75) is 13.0 Å². The average Bonchev–Trinajstić information content (AvgIpc) is 2.05. The van der Waals surface area contributed by atoms with E-state index in [2.05, 4.69) is 0 Å². The van der Waals surface area contributed by atoms with Crippen molar-refractivity contribution < 1.29 is 15.0 Å². The van der Waals surface area contributed by atoms with Gasteiger partial charge in [0.15, 0.2) is 0 Å². The zero-order chi connectivity index (χ0) is 10.3. The fourth-order valence-electron chi connectivity index (χ4n) is 0.808. The first kappa shape index (κ1) is 11.4. The Hall–Kier alpha value is -1.55. The van der Waals surface area contributed by atoms with Crippen LogP contribution >= 0.6 is 0 Å². The number of phenols is 1. The van der Waals surface area contributed by atoms with Crippen molar-refractivity contribution in [3.05, 3.63) is 29.8 Å². The van der Waals surface area contributed by atoms with Crippen LogP contribution in [0.5, 0.6) is 5.75 Å². The van der Waals surface area contributed by atoms with Gasteiger partial charge in [-0.25, -0.2) is 0 Å². The van der Waals surface area contributed by atoms with E-state index >= 15 is 0 Å². The summed E-state index contributed by atoms with van der Waals surface area (Å²) < 4.78 is 0. The molecular weight excluding hydrogens is 170 g/mol. The third kappa shape index (κ3) is 4.81. The Morgan fingerprint density at radius 3 is 2.38 bits per heavy atom. The van der Waals surface area contributed by atoms with E-state index < -0.39 is 0 Å². The second kappa shape index (κ2) is 6.02. The van der Waals surface area contributed by atoms with E-state index in [1.54, 1.807) is 18.2 Å². The summed E-state index contributed by atoms with van der Waals surface area (Å²) in [5.74, 6) is 0.273. The van der Waals surface area contributed by atoms with Gasteiger partial charge in [0.05, 0.1) is 0 Å². The van der Waals surface area contributed by atoms with E-state index in [4.69, 9.17) is 20.7 Å². The quantitative estimate of drug-likeness (QED) is 0.569. The van der Waals surface area contributed by atoms with E-state index in [0.29, 0.717) is 0 Å². The lowest BCUT2D eigenvalue weighted by Crippen LogP contribution is -2.03. The summed E-state index contributed by atoms with van der Waals surface area (Å²) in [5, 5.41) is 15.9. The number of rotatable bonds is 1. The first-order chi connectivity index (χ1) is 6.11. The van der Waals surface area contributed by atoms with Crippen LogP contribution < -0.4 is 5.73 Å². The lowest BCUT2D eigenvalue weighted by atomic mass is 10.1. The number of hydrogen-bond donors (Lipinski definition) is 3. The van der Waals surface area contributed by atoms with Crippen molar-refractivity contribution in [1.29, 1.82) is 0 Å². The highest BCUT2D eigenvalue weighted by molar-refractivity contribution is 5.32. The molecule has 0 radical (unpaired) electrons. The molecule has 0 aromatic heterocycles. The van der Waals surface area contributed by atoms with Crippen molar-refractivity contribution in [3.8, 4) is 5.75 Å². The van der Waals surface area contributed by atoms with Gasteiger partial charge in [0, 0.05) is 6.04 Å². The number of carbonyl (C=O) groups is 1. The summed E-state index contributed by atoms with van der Waals surface area (Å²) in [6, 6.07) is 6.97. The van der Waals surface area contributed by atoms with Crippen LogP contribution in [0, 0.1) is 0 Å². The Kier molecular flexibility index (Phi) is 5.30. The average molecular weight is 183 g/mol. The van der Waals surface area contributed by atoms with Crippen LogP contribution in [0.1, 0.15) is 18.5 Å². The number of hydrogen-bond acceptors (Lipinski definition) is 3. The van der Waals surface area contributed by atoms with Gasteiger partial charge in [-0.05, 0) is 24.6 Å². The molecule has 0 bridgehead atoms. The third-order valence-electron chi connectivity index (χ3n) is 1.40. The highest BCUT2D eigenvalue weighted by Gasteiger charge is 1.97. The molecule has 1 rings (SSSR count). The molecule has 0 saturated carbocycles. The Balaban J connectivity index is 0.000000424. The summed E-state index contributed by atoms with van der Waals surface area (Å²) in [6.45, 7) is 1.63. The van der Waals surface area contributed by atoms with E-state index in [9.17, 15) is 0 Å². The van der Waals surface area contributed by atoms with Crippen molar-refractivity contribution in [2.75, 3.05) is 0 Å². The lowest BCUT2D eigenvalue weighted by Gasteiger charge is -2.03. The minimum absolute atomic E-state index is 0.00731. The van der Waals surface area contributed by atoms with Crippen molar-refractivity contribution in [3.63, 3.8) is 0 Å². The number of phenolic OH excluding ortho intramolecular Hbond substituents is 1. The minimum atomic E-state index is -0.250. The molecule has 4 N–H and O–H groups in total. The SMILES string of the molecule is CC(N)c1cccc(O)c1.O=CO. The minimum Gasteiger partial charge on any atom is -0.508 e. The van der Waals surface area contributed by atoms with Crippen LogP contribution in [0.4, 0.5) is 0 Å². The molecule has 72 valence electrons. The van der Waals surface area contributed by atoms with Gasteiger partial charge >= 0.3 is 0 Å². The molecule has 0 saturated heterocycles. The fourth-order valence-corrected chi connectivity index (χ4v) is 0.808. The van der Waals surface area contributed by atoms with Gasteiger partial charge in [0.2, 0.25) is 0 Å². The fraction of sp³-hybridized carbons (Fsp3) is 0.222. The van der Waals surface area contributed by atoms with Gasteiger partial charge in [-0.3, -0.25) is 4.79 Å². The Labute approximate surface area is 76.6 Å². The zero-order valence-corrected chi connectivity index (χ0v) is 7.34. The van der Waals surface area contributed by atoms with E-state index in [0.717, 1.165) is 5.56 Å². The van der Waals surface area contributed by atoms with Crippen molar-refractivity contribution in [1.82, 2.24) is 0 Å².